The molecule has 0 saturated heterocycles. The predicted molar refractivity (Wildman–Crippen MR) is 87.4 cm³/mol. The summed E-state index contributed by atoms with van der Waals surface area (Å²) < 4.78 is 10.1. The molecule has 4 aromatic rings. The van der Waals surface area contributed by atoms with Gasteiger partial charge in [-0.2, -0.15) is 0 Å². The number of ether oxygens (including phenoxy) is 1. The molecule has 0 N–H and O–H groups in total. The Kier molecular flexibility index (Phi) is 3.42. The zero-order valence-corrected chi connectivity index (χ0v) is 12.9. The smallest absolute Gasteiger partial charge is 0.339 e. The average Bonchev–Trinajstić information content (AvgIpc) is 3.06. The van der Waals surface area contributed by atoms with Crippen LogP contribution in [0.25, 0.3) is 21.9 Å². The molecular weight excluding hydrogens is 306 g/mol. The molecule has 0 aliphatic heterocycles. The molecule has 0 bridgehead atoms. The first kappa shape index (κ1) is 14.3. The summed E-state index contributed by atoms with van der Waals surface area (Å²) in [5.41, 5.74) is 4.19. The molecule has 0 radical (unpaired) electrons. The molecule has 6 nitrogen and oxygen atoms in total. The maximum atomic E-state index is 12.5. The third-order valence-electron chi connectivity index (χ3n) is 3.75. The Labute approximate surface area is 137 Å². The number of carbonyl (C=O) groups is 1. The lowest BCUT2D eigenvalue weighted by atomic mass is 10.1. The number of nitrogens with zero attached hydrogens (tertiary/aromatic N) is 3. The van der Waals surface area contributed by atoms with Crippen LogP contribution < -0.4 is 0 Å². The van der Waals surface area contributed by atoms with E-state index < -0.39 is 0 Å². The number of aromatic nitrogens is 3. The Bertz CT molecular complexity index is 1060. The van der Waals surface area contributed by atoms with Crippen LogP contribution in [0.3, 0.4) is 0 Å². The summed E-state index contributed by atoms with van der Waals surface area (Å²) in [6.45, 7) is 2.01. The first-order valence-corrected chi connectivity index (χ1v) is 7.45. The second kappa shape index (κ2) is 5.73. The number of benzene rings is 2. The van der Waals surface area contributed by atoms with Gasteiger partial charge < -0.3 is 4.74 Å². The fourth-order valence-corrected chi connectivity index (χ4v) is 2.62. The van der Waals surface area contributed by atoms with Gasteiger partial charge in [0, 0.05) is 11.1 Å². The van der Waals surface area contributed by atoms with Crippen LogP contribution in [-0.2, 0) is 11.3 Å². The van der Waals surface area contributed by atoms with Crippen molar-refractivity contribution in [2.45, 2.75) is 13.5 Å². The lowest BCUT2D eigenvalue weighted by Crippen LogP contribution is -2.07. The van der Waals surface area contributed by atoms with E-state index in [0.717, 1.165) is 22.2 Å². The van der Waals surface area contributed by atoms with Crippen LogP contribution >= 0.6 is 0 Å². The number of carbonyl (C=O) groups excluding carboxylic acids is 1. The zero-order chi connectivity index (χ0) is 16.5. The number of esters is 1. The van der Waals surface area contributed by atoms with Crippen molar-refractivity contribution in [2.24, 2.45) is 0 Å². The van der Waals surface area contributed by atoms with Gasteiger partial charge in [-0.15, -0.1) is 0 Å². The lowest BCUT2D eigenvalue weighted by Gasteiger charge is -2.08. The molecule has 2 heterocycles. The minimum absolute atomic E-state index is 0.150. The van der Waals surface area contributed by atoms with Crippen LogP contribution in [0.1, 0.15) is 21.6 Å². The Morgan fingerprint density at radius 3 is 2.79 bits per heavy atom. The predicted octanol–water partition coefficient (Wildman–Crippen LogP) is 3.44. The summed E-state index contributed by atoms with van der Waals surface area (Å²) in [5.74, 6) is -0.380. The van der Waals surface area contributed by atoms with Crippen LogP contribution in [-0.4, -0.2) is 21.3 Å². The highest BCUT2D eigenvalue weighted by atomic mass is 16.6. The number of aryl methyl sites for hydroxylation is 1. The van der Waals surface area contributed by atoms with Crippen LogP contribution in [0, 0.1) is 6.92 Å². The number of hydrogen-bond acceptors (Lipinski definition) is 6. The fourth-order valence-electron chi connectivity index (χ4n) is 2.62. The average molecular weight is 319 g/mol. The van der Waals surface area contributed by atoms with Crippen LogP contribution in [0.2, 0.25) is 0 Å². The van der Waals surface area contributed by atoms with E-state index in [-0.39, 0.29) is 12.6 Å². The summed E-state index contributed by atoms with van der Waals surface area (Å²) in [4.78, 5) is 16.9. The topological polar surface area (TPSA) is 78.1 Å². The molecule has 4 rings (SSSR count). The van der Waals surface area contributed by atoms with Crippen molar-refractivity contribution in [3.05, 3.63) is 65.4 Å². The van der Waals surface area contributed by atoms with Crippen LogP contribution in [0.15, 0.2) is 53.2 Å². The van der Waals surface area contributed by atoms with E-state index in [0.29, 0.717) is 16.6 Å². The molecule has 0 atom stereocenters. The van der Waals surface area contributed by atoms with Gasteiger partial charge in [-0.1, -0.05) is 24.3 Å². The molecule has 0 spiro atoms. The molecule has 0 amide bonds. The second-order valence-electron chi connectivity index (χ2n) is 5.49. The molecule has 24 heavy (non-hydrogen) atoms. The molecule has 0 aliphatic rings. The highest BCUT2D eigenvalue weighted by Crippen LogP contribution is 2.20. The summed E-state index contributed by atoms with van der Waals surface area (Å²) in [6.07, 6.45) is 0. The minimum Gasteiger partial charge on any atom is -0.457 e. The maximum Gasteiger partial charge on any atom is 0.339 e. The van der Waals surface area contributed by atoms with Crippen molar-refractivity contribution < 1.29 is 14.2 Å². The Hall–Kier alpha value is -3.28. The molecule has 0 saturated carbocycles. The third kappa shape index (κ3) is 2.58. The van der Waals surface area contributed by atoms with Gasteiger partial charge in [-0.05, 0) is 47.1 Å². The van der Waals surface area contributed by atoms with E-state index in [9.17, 15) is 4.79 Å². The maximum absolute atomic E-state index is 12.5. The molecule has 118 valence electrons. The van der Waals surface area contributed by atoms with E-state index in [2.05, 4.69) is 19.9 Å². The SMILES string of the molecule is Cc1cc(C(=O)OCc2ccc3nonc3c2)c2ccccc2n1. The highest BCUT2D eigenvalue weighted by Gasteiger charge is 2.13. The molecular formula is C18H13N3O3. The molecule has 2 aromatic heterocycles. The number of pyridine rings is 1. The van der Waals surface area contributed by atoms with Gasteiger partial charge in [0.15, 0.2) is 0 Å². The van der Waals surface area contributed by atoms with Crippen molar-refractivity contribution in [1.82, 2.24) is 15.3 Å². The molecule has 0 fully saturated rings. The quantitative estimate of drug-likeness (QED) is 0.538. The fraction of sp³-hybridized carbons (Fsp3) is 0.111. The number of rotatable bonds is 3. The largest absolute Gasteiger partial charge is 0.457 e. The first-order valence-electron chi connectivity index (χ1n) is 7.45. The Morgan fingerprint density at radius 2 is 1.88 bits per heavy atom. The number of para-hydroxylation sites is 1. The number of hydrogen-bond donors (Lipinski definition) is 0. The van der Waals surface area contributed by atoms with E-state index in [4.69, 9.17) is 4.74 Å². The van der Waals surface area contributed by atoms with Gasteiger partial charge in [-0.25, -0.2) is 9.42 Å². The molecule has 2 aromatic carbocycles. The van der Waals surface area contributed by atoms with Gasteiger partial charge in [0.25, 0.3) is 0 Å². The Morgan fingerprint density at radius 1 is 1.04 bits per heavy atom. The van der Waals surface area contributed by atoms with E-state index >= 15 is 0 Å². The molecule has 6 heteroatoms. The van der Waals surface area contributed by atoms with Gasteiger partial charge in [0.1, 0.15) is 17.6 Å². The van der Waals surface area contributed by atoms with E-state index in [1.807, 2.05) is 37.3 Å². The van der Waals surface area contributed by atoms with Crippen molar-refractivity contribution >= 4 is 27.9 Å². The normalized spacial score (nSPS) is 11.0. The lowest BCUT2D eigenvalue weighted by molar-refractivity contribution is 0.0475. The van der Waals surface area contributed by atoms with Crippen molar-refractivity contribution in [3.63, 3.8) is 0 Å². The van der Waals surface area contributed by atoms with Gasteiger partial charge in [-0.3, -0.25) is 4.98 Å². The Balaban J connectivity index is 1.60. The van der Waals surface area contributed by atoms with Crippen LogP contribution in [0.5, 0.6) is 0 Å². The van der Waals surface area contributed by atoms with Crippen LogP contribution in [0.4, 0.5) is 0 Å². The summed E-state index contributed by atoms with van der Waals surface area (Å²) in [5, 5.41) is 8.31. The monoisotopic (exact) mass is 319 g/mol. The zero-order valence-electron chi connectivity index (χ0n) is 12.9. The molecule has 0 aliphatic carbocycles. The highest BCUT2D eigenvalue weighted by molar-refractivity contribution is 6.03. The molecule has 0 unspecified atom stereocenters. The summed E-state index contributed by atoms with van der Waals surface area (Å²) >= 11 is 0. The van der Waals surface area contributed by atoms with Crippen molar-refractivity contribution in [2.75, 3.05) is 0 Å². The summed E-state index contributed by atoms with van der Waals surface area (Å²) in [6, 6.07) is 14.7. The van der Waals surface area contributed by atoms with Crippen molar-refractivity contribution in [1.29, 1.82) is 0 Å². The van der Waals surface area contributed by atoms with Gasteiger partial charge in [0.05, 0.1) is 11.1 Å². The third-order valence-corrected chi connectivity index (χ3v) is 3.75. The number of fused-ring (bicyclic) bond motifs is 2. The van der Waals surface area contributed by atoms with Gasteiger partial charge >= 0.3 is 5.97 Å². The van der Waals surface area contributed by atoms with Gasteiger partial charge in [0.2, 0.25) is 0 Å². The standard InChI is InChI=1S/C18H13N3O3/c1-11-8-14(13-4-2-3-5-15(13)19-11)18(22)23-10-12-6-7-16-17(9-12)21-24-20-16/h2-9H,10H2,1H3. The first-order chi connectivity index (χ1) is 11.7. The van der Waals surface area contributed by atoms with E-state index in [1.165, 1.54) is 0 Å². The van der Waals surface area contributed by atoms with Crippen molar-refractivity contribution in [3.8, 4) is 0 Å². The second-order valence-corrected chi connectivity index (χ2v) is 5.49. The summed E-state index contributed by atoms with van der Waals surface area (Å²) in [7, 11) is 0. The van der Waals surface area contributed by atoms with E-state index in [1.54, 1.807) is 18.2 Å². The minimum atomic E-state index is -0.380.